The number of amides is 1. The molecule has 2 heterocycles. The van der Waals surface area contributed by atoms with E-state index in [2.05, 4.69) is 4.98 Å². The van der Waals surface area contributed by atoms with Gasteiger partial charge in [0, 0.05) is 29.6 Å². The fraction of sp³-hybridized carbons (Fsp3) is 0.421. The Hall–Kier alpha value is -2.63. The molecule has 0 N–H and O–H groups in total. The normalized spacial score (nSPS) is 13.7. The third-order valence-electron chi connectivity index (χ3n) is 4.23. The number of carbonyl (C=O) groups is 2. The first kappa shape index (κ1) is 17.2. The van der Waals surface area contributed by atoms with Gasteiger partial charge in [0.15, 0.2) is 0 Å². The molecule has 1 aliphatic heterocycles. The zero-order valence-corrected chi connectivity index (χ0v) is 14.7. The summed E-state index contributed by atoms with van der Waals surface area (Å²) in [6.45, 7) is 5.18. The number of carbonyl (C=O) groups excluding carboxylic acids is 2. The van der Waals surface area contributed by atoms with E-state index in [1.165, 1.54) is 7.11 Å². The molecule has 1 aliphatic rings. The summed E-state index contributed by atoms with van der Waals surface area (Å²) in [5.41, 5.74) is 2.84. The maximum atomic E-state index is 12.4. The number of pyridine rings is 1. The van der Waals surface area contributed by atoms with Gasteiger partial charge in [-0.15, -0.1) is 0 Å². The van der Waals surface area contributed by atoms with E-state index in [-0.39, 0.29) is 12.0 Å². The summed E-state index contributed by atoms with van der Waals surface area (Å²) in [7, 11) is 1.36. The fourth-order valence-corrected chi connectivity index (χ4v) is 3.01. The third-order valence-corrected chi connectivity index (χ3v) is 4.23. The van der Waals surface area contributed by atoms with Gasteiger partial charge in [-0.1, -0.05) is 32.0 Å². The molecule has 1 aromatic carbocycles. The Labute approximate surface area is 146 Å². The van der Waals surface area contributed by atoms with Crippen LogP contribution in [0.15, 0.2) is 24.3 Å². The minimum absolute atomic E-state index is 0.275. The monoisotopic (exact) mass is 342 g/mol. The molecule has 25 heavy (non-hydrogen) atoms. The molecule has 0 aliphatic carbocycles. The topological polar surface area (TPSA) is 68.7 Å². The van der Waals surface area contributed by atoms with E-state index in [4.69, 9.17) is 9.47 Å². The van der Waals surface area contributed by atoms with E-state index in [1.807, 2.05) is 38.1 Å². The second kappa shape index (κ2) is 7.09. The van der Waals surface area contributed by atoms with Crippen LogP contribution in [-0.2, 0) is 22.4 Å². The van der Waals surface area contributed by atoms with Gasteiger partial charge >= 0.3 is 12.1 Å². The Morgan fingerprint density at radius 2 is 2.04 bits per heavy atom. The van der Waals surface area contributed by atoms with E-state index in [0.29, 0.717) is 31.7 Å². The van der Waals surface area contributed by atoms with Gasteiger partial charge in [-0.3, -0.25) is 4.98 Å². The molecule has 6 heteroatoms. The first-order chi connectivity index (χ1) is 12.0. The van der Waals surface area contributed by atoms with Crippen molar-refractivity contribution in [2.24, 2.45) is 5.92 Å². The van der Waals surface area contributed by atoms with Crippen LogP contribution in [0.3, 0.4) is 0 Å². The summed E-state index contributed by atoms with van der Waals surface area (Å²) < 4.78 is 10.3. The van der Waals surface area contributed by atoms with Gasteiger partial charge in [0.1, 0.15) is 0 Å². The molecule has 0 radical (unpaired) electrons. The lowest BCUT2D eigenvalue weighted by Crippen LogP contribution is -2.38. The van der Waals surface area contributed by atoms with Crippen molar-refractivity contribution < 1.29 is 19.1 Å². The lowest BCUT2D eigenvalue weighted by atomic mass is 9.96. The lowest BCUT2D eigenvalue weighted by Gasteiger charge is -2.29. The van der Waals surface area contributed by atoms with Crippen molar-refractivity contribution >= 4 is 23.0 Å². The van der Waals surface area contributed by atoms with Gasteiger partial charge in [-0.05, 0) is 12.0 Å². The summed E-state index contributed by atoms with van der Waals surface area (Å²) in [4.78, 5) is 31.0. The summed E-state index contributed by atoms with van der Waals surface area (Å²) in [5, 5.41) is 0.741. The van der Waals surface area contributed by atoms with Gasteiger partial charge in [-0.2, -0.15) is 0 Å². The summed E-state index contributed by atoms with van der Waals surface area (Å²) in [6, 6.07) is 7.48. The molecular weight excluding hydrogens is 320 g/mol. The molecule has 0 spiro atoms. The van der Waals surface area contributed by atoms with Crippen LogP contribution in [-0.4, -0.2) is 42.2 Å². The molecule has 0 fully saturated rings. The van der Waals surface area contributed by atoms with Crippen LogP contribution in [0.2, 0.25) is 0 Å². The predicted molar refractivity (Wildman–Crippen MR) is 93.4 cm³/mol. The van der Waals surface area contributed by atoms with Crippen molar-refractivity contribution in [2.45, 2.75) is 26.8 Å². The highest BCUT2D eigenvalue weighted by Gasteiger charge is 2.29. The lowest BCUT2D eigenvalue weighted by molar-refractivity contribution is 0.0595. The predicted octanol–water partition coefficient (Wildman–Crippen LogP) is 3.17. The molecule has 6 nitrogen and oxygen atoms in total. The zero-order valence-electron chi connectivity index (χ0n) is 14.7. The molecule has 0 saturated heterocycles. The number of benzene rings is 1. The van der Waals surface area contributed by atoms with Crippen molar-refractivity contribution in [3.8, 4) is 0 Å². The minimum Gasteiger partial charge on any atom is -0.465 e. The Morgan fingerprint density at radius 3 is 2.76 bits per heavy atom. The van der Waals surface area contributed by atoms with Crippen LogP contribution in [0.4, 0.5) is 4.79 Å². The second-order valence-corrected chi connectivity index (χ2v) is 6.56. The number of ether oxygens (including phenoxy) is 2. The average molecular weight is 342 g/mol. The summed E-state index contributed by atoms with van der Waals surface area (Å²) in [6.07, 6.45) is 0.226. The molecule has 1 aromatic heterocycles. The molecule has 0 saturated carbocycles. The number of hydrogen-bond acceptors (Lipinski definition) is 5. The van der Waals surface area contributed by atoms with Crippen LogP contribution >= 0.6 is 0 Å². The highest BCUT2D eigenvalue weighted by atomic mass is 16.6. The van der Waals surface area contributed by atoms with Gasteiger partial charge in [-0.25, -0.2) is 9.59 Å². The number of esters is 1. The molecule has 3 rings (SSSR count). The number of nitrogens with zero attached hydrogens (tertiary/aromatic N) is 2. The maximum absolute atomic E-state index is 12.4. The first-order valence-corrected chi connectivity index (χ1v) is 8.41. The Balaban J connectivity index is 1.99. The van der Waals surface area contributed by atoms with Crippen molar-refractivity contribution in [3.63, 3.8) is 0 Å². The average Bonchev–Trinajstić information content (AvgIpc) is 2.63. The SMILES string of the molecule is COC(=O)c1c2c(nc3ccccc13)CCN(C(=O)OCC(C)C)C2. The number of methoxy groups -OCH3 is 1. The number of hydrogen-bond donors (Lipinski definition) is 0. The molecule has 132 valence electrons. The number of aromatic nitrogens is 1. The van der Waals surface area contributed by atoms with E-state index in [9.17, 15) is 9.59 Å². The molecular formula is C19H22N2O4. The fourth-order valence-electron chi connectivity index (χ4n) is 3.01. The number of para-hydroxylation sites is 1. The van der Waals surface area contributed by atoms with Gasteiger partial charge in [0.2, 0.25) is 0 Å². The quantitative estimate of drug-likeness (QED) is 0.802. The molecule has 0 unspecified atom stereocenters. The summed E-state index contributed by atoms with van der Waals surface area (Å²) >= 11 is 0. The molecule has 0 atom stereocenters. The van der Waals surface area contributed by atoms with Crippen molar-refractivity contribution in [1.82, 2.24) is 9.88 Å². The van der Waals surface area contributed by atoms with Gasteiger partial charge < -0.3 is 14.4 Å². The van der Waals surface area contributed by atoms with Crippen LogP contribution in [0, 0.1) is 5.92 Å². The van der Waals surface area contributed by atoms with Crippen LogP contribution in [0.25, 0.3) is 10.9 Å². The van der Waals surface area contributed by atoms with Gasteiger partial charge in [0.05, 0.1) is 31.3 Å². The summed E-state index contributed by atoms with van der Waals surface area (Å²) in [5.74, 6) is -0.135. The maximum Gasteiger partial charge on any atom is 0.410 e. The Kier molecular flexibility index (Phi) is 4.88. The van der Waals surface area contributed by atoms with Crippen molar-refractivity contribution in [3.05, 3.63) is 41.1 Å². The smallest absolute Gasteiger partial charge is 0.410 e. The molecule has 2 aromatic rings. The van der Waals surface area contributed by atoms with Crippen LogP contribution < -0.4 is 0 Å². The zero-order chi connectivity index (χ0) is 18.0. The largest absolute Gasteiger partial charge is 0.465 e. The molecule has 1 amide bonds. The van der Waals surface area contributed by atoms with E-state index in [1.54, 1.807) is 4.90 Å². The van der Waals surface area contributed by atoms with E-state index < -0.39 is 5.97 Å². The minimum atomic E-state index is -0.410. The van der Waals surface area contributed by atoms with Crippen LogP contribution in [0.1, 0.15) is 35.5 Å². The van der Waals surface area contributed by atoms with Crippen LogP contribution in [0.5, 0.6) is 0 Å². The second-order valence-electron chi connectivity index (χ2n) is 6.56. The van der Waals surface area contributed by atoms with E-state index in [0.717, 1.165) is 22.2 Å². The third kappa shape index (κ3) is 3.43. The van der Waals surface area contributed by atoms with Crippen molar-refractivity contribution in [2.75, 3.05) is 20.3 Å². The first-order valence-electron chi connectivity index (χ1n) is 8.41. The highest BCUT2D eigenvalue weighted by Crippen LogP contribution is 2.29. The Morgan fingerprint density at radius 1 is 1.28 bits per heavy atom. The molecule has 0 bridgehead atoms. The standard InChI is InChI=1S/C19H22N2O4/c1-12(2)11-25-19(23)21-9-8-16-14(10-21)17(18(22)24-3)13-6-4-5-7-15(13)20-16/h4-7,12H,8-11H2,1-3H3. The van der Waals surface area contributed by atoms with E-state index >= 15 is 0 Å². The number of rotatable bonds is 3. The van der Waals surface area contributed by atoms with Crippen molar-refractivity contribution in [1.29, 1.82) is 0 Å². The number of fused-ring (bicyclic) bond motifs is 2. The Bertz CT molecular complexity index is 816. The highest BCUT2D eigenvalue weighted by molar-refractivity contribution is 6.05. The van der Waals surface area contributed by atoms with Gasteiger partial charge in [0.25, 0.3) is 0 Å².